The van der Waals surface area contributed by atoms with Gasteiger partial charge in [-0.1, -0.05) is 6.07 Å². The van der Waals surface area contributed by atoms with Gasteiger partial charge in [0.15, 0.2) is 6.61 Å². The average molecular weight is 332 g/mol. The first-order chi connectivity index (χ1) is 11.4. The number of imide groups is 1. The maximum atomic E-state index is 12.0. The van der Waals surface area contributed by atoms with Gasteiger partial charge in [-0.15, -0.1) is 0 Å². The second-order valence-electron chi connectivity index (χ2n) is 5.69. The van der Waals surface area contributed by atoms with E-state index in [9.17, 15) is 19.2 Å². The normalized spacial score (nSPS) is 13.8. The zero-order valence-electron chi connectivity index (χ0n) is 13.8. The first kappa shape index (κ1) is 17.7. The Balaban J connectivity index is 1.76. The second kappa shape index (κ2) is 7.72. The van der Waals surface area contributed by atoms with Crippen molar-refractivity contribution in [2.24, 2.45) is 0 Å². The molecule has 2 rings (SSSR count). The monoisotopic (exact) mass is 332 g/mol. The Morgan fingerprint density at radius 2 is 1.96 bits per heavy atom. The van der Waals surface area contributed by atoms with E-state index in [4.69, 9.17) is 4.74 Å². The van der Waals surface area contributed by atoms with E-state index in [0.29, 0.717) is 24.9 Å². The zero-order chi connectivity index (χ0) is 17.7. The van der Waals surface area contributed by atoms with Crippen molar-refractivity contribution >= 4 is 23.7 Å². The van der Waals surface area contributed by atoms with E-state index in [1.807, 2.05) is 19.9 Å². The number of ether oxygens (including phenoxy) is 1. The molecule has 0 bridgehead atoms. The highest BCUT2D eigenvalue weighted by Gasteiger charge is 2.26. The highest BCUT2D eigenvalue weighted by atomic mass is 16.5. The van der Waals surface area contributed by atoms with E-state index in [0.717, 1.165) is 16.0 Å². The number of carbonyl (C=O) groups excluding carboxylic acids is 4. The molecule has 1 aromatic carbocycles. The number of carbonyl (C=O) groups is 4. The third-order valence-corrected chi connectivity index (χ3v) is 3.89. The van der Waals surface area contributed by atoms with Crippen LogP contribution in [0.4, 0.5) is 0 Å². The van der Waals surface area contributed by atoms with E-state index in [1.165, 1.54) is 0 Å². The summed E-state index contributed by atoms with van der Waals surface area (Å²) >= 11 is 0. The van der Waals surface area contributed by atoms with Crippen molar-refractivity contribution < 1.29 is 23.9 Å². The Bertz CT molecular complexity index is 684. The molecule has 1 saturated heterocycles. The zero-order valence-corrected chi connectivity index (χ0v) is 13.8. The number of hydrogen-bond acceptors (Lipinski definition) is 5. The van der Waals surface area contributed by atoms with Gasteiger partial charge < -0.3 is 10.1 Å². The lowest BCUT2D eigenvalue weighted by molar-refractivity contribution is -0.154. The standard InChI is InChI=1S/C17H20N2O5/c1-11-5-6-13(8-12(11)2)17(23)18-9-16(22)24-10-15(21)19-7-3-4-14(19)20/h5-6,8H,3-4,7,9-10H2,1-2H3,(H,18,23). The molecular formula is C17H20N2O5. The lowest BCUT2D eigenvalue weighted by atomic mass is 10.1. The quantitative estimate of drug-likeness (QED) is 0.802. The number of esters is 1. The molecule has 1 aliphatic heterocycles. The van der Waals surface area contributed by atoms with Crippen LogP contribution in [0.1, 0.15) is 34.3 Å². The highest BCUT2D eigenvalue weighted by Crippen LogP contribution is 2.10. The molecule has 24 heavy (non-hydrogen) atoms. The van der Waals surface area contributed by atoms with Gasteiger partial charge in [0, 0.05) is 18.5 Å². The number of nitrogens with zero attached hydrogens (tertiary/aromatic N) is 1. The van der Waals surface area contributed by atoms with Crippen molar-refractivity contribution in [1.29, 1.82) is 0 Å². The van der Waals surface area contributed by atoms with Gasteiger partial charge in [0.1, 0.15) is 6.54 Å². The average Bonchev–Trinajstić information content (AvgIpc) is 2.99. The van der Waals surface area contributed by atoms with Crippen LogP contribution in [-0.2, 0) is 19.1 Å². The van der Waals surface area contributed by atoms with Gasteiger partial charge >= 0.3 is 5.97 Å². The molecule has 0 atom stereocenters. The van der Waals surface area contributed by atoms with Crippen LogP contribution in [0.3, 0.4) is 0 Å². The fraction of sp³-hybridized carbons (Fsp3) is 0.412. The van der Waals surface area contributed by atoms with Gasteiger partial charge in [-0.2, -0.15) is 0 Å². The Hall–Kier alpha value is -2.70. The van der Waals surface area contributed by atoms with E-state index in [1.54, 1.807) is 12.1 Å². The smallest absolute Gasteiger partial charge is 0.325 e. The van der Waals surface area contributed by atoms with Crippen LogP contribution in [0, 0.1) is 13.8 Å². The van der Waals surface area contributed by atoms with Gasteiger partial charge in [-0.05, 0) is 43.5 Å². The summed E-state index contributed by atoms with van der Waals surface area (Å²) in [5.74, 6) is -1.91. The molecule has 7 nitrogen and oxygen atoms in total. The first-order valence-electron chi connectivity index (χ1n) is 7.72. The Kier molecular flexibility index (Phi) is 5.68. The molecule has 1 N–H and O–H groups in total. The highest BCUT2D eigenvalue weighted by molar-refractivity contribution is 5.98. The summed E-state index contributed by atoms with van der Waals surface area (Å²) in [7, 11) is 0. The molecule has 1 aromatic rings. The van der Waals surface area contributed by atoms with Crippen molar-refractivity contribution in [3.05, 3.63) is 34.9 Å². The lowest BCUT2D eigenvalue weighted by Gasteiger charge is -2.13. The summed E-state index contributed by atoms with van der Waals surface area (Å²) in [5, 5.41) is 2.44. The van der Waals surface area contributed by atoms with Gasteiger partial charge in [-0.25, -0.2) is 0 Å². The van der Waals surface area contributed by atoms with E-state index in [2.05, 4.69) is 5.32 Å². The van der Waals surface area contributed by atoms with Crippen molar-refractivity contribution in [1.82, 2.24) is 10.2 Å². The Morgan fingerprint density at radius 3 is 2.58 bits per heavy atom. The Labute approximate surface area is 140 Å². The van der Waals surface area contributed by atoms with E-state index >= 15 is 0 Å². The molecule has 7 heteroatoms. The molecule has 1 fully saturated rings. The maximum absolute atomic E-state index is 12.0. The van der Waals surface area contributed by atoms with E-state index in [-0.39, 0.29) is 12.5 Å². The number of rotatable bonds is 5. The number of hydrogen-bond donors (Lipinski definition) is 1. The van der Waals surface area contributed by atoms with Gasteiger partial charge in [0.05, 0.1) is 0 Å². The molecule has 1 aliphatic rings. The summed E-state index contributed by atoms with van der Waals surface area (Å²) in [4.78, 5) is 47.8. The third-order valence-electron chi connectivity index (χ3n) is 3.89. The van der Waals surface area contributed by atoms with Crippen LogP contribution in [-0.4, -0.2) is 48.3 Å². The summed E-state index contributed by atoms with van der Waals surface area (Å²) in [5.41, 5.74) is 2.50. The van der Waals surface area contributed by atoms with Crippen LogP contribution in [0.5, 0.6) is 0 Å². The minimum Gasteiger partial charge on any atom is -0.454 e. The predicted octanol–water partition coefficient (Wildman–Crippen LogP) is 0.725. The van der Waals surface area contributed by atoms with Crippen LogP contribution in [0.15, 0.2) is 18.2 Å². The fourth-order valence-corrected chi connectivity index (χ4v) is 2.32. The molecule has 0 spiro atoms. The summed E-state index contributed by atoms with van der Waals surface area (Å²) in [6.45, 7) is 3.36. The van der Waals surface area contributed by atoms with Crippen LogP contribution in [0.2, 0.25) is 0 Å². The molecule has 0 aliphatic carbocycles. The first-order valence-corrected chi connectivity index (χ1v) is 7.72. The Morgan fingerprint density at radius 1 is 1.21 bits per heavy atom. The largest absolute Gasteiger partial charge is 0.454 e. The lowest BCUT2D eigenvalue weighted by Crippen LogP contribution is -2.37. The number of likely N-dealkylation sites (tertiary alicyclic amines) is 1. The number of benzene rings is 1. The summed E-state index contributed by atoms with van der Waals surface area (Å²) in [6, 6.07) is 5.23. The second-order valence-corrected chi connectivity index (χ2v) is 5.69. The van der Waals surface area contributed by atoms with Crippen molar-refractivity contribution in [3.63, 3.8) is 0 Å². The van der Waals surface area contributed by atoms with Crippen LogP contribution < -0.4 is 5.32 Å². The molecule has 0 saturated carbocycles. The maximum Gasteiger partial charge on any atom is 0.325 e. The molecule has 128 valence electrons. The molecule has 0 aromatic heterocycles. The van der Waals surface area contributed by atoms with Gasteiger partial charge in [0.25, 0.3) is 11.8 Å². The molecule has 0 radical (unpaired) electrons. The molecule has 0 unspecified atom stereocenters. The number of nitrogens with one attached hydrogen (secondary N) is 1. The van der Waals surface area contributed by atoms with Gasteiger partial charge in [-0.3, -0.25) is 24.1 Å². The fourth-order valence-electron chi connectivity index (χ4n) is 2.32. The molecule has 1 heterocycles. The third kappa shape index (κ3) is 4.41. The van der Waals surface area contributed by atoms with Gasteiger partial charge in [0.2, 0.25) is 5.91 Å². The predicted molar refractivity (Wildman–Crippen MR) is 85.2 cm³/mol. The molecular weight excluding hydrogens is 312 g/mol. The summed E-state index contributed by atoms with van der Waals surface area (Å²) in [6.07, 6.45) is 0.969. The van der Waals surface area contributed by atoms with Crippen LogP contribution >= 0.6 is 0 Å². The minimum absolute atomic E-state index is 0.251. The SMILES string of the molecule is Cc1ccc(C(=O)NCC(=O)OCC(=O)N2CCCC2=O)cc1C. The van der Waals surface area contributed by atoms with E-state index < -0.39 is 24.4 Å². The minimum atomic E-state index is -0.729. The van der Waals surface area contributed by atoms with Crippen molar-refractivity contribution in [2.45, 2.75) is 26.7 Å². The van der Waals surface area contributed by atoms with Crippen LogP contribution in [0.25, 0.3) is 0 Å². The molecule has 3 amide bonds. The number of aryl methyl sites for hydroxylation is 2. The topological polar surface area (TPSA) is 92.8 Å². The van der Waals surface area contributed by atoms with Crippen molar-refractivity contribution in [3.8, 4) is 0 Å². The number of amides is 3. The van der Waals surface area contributed by atoms with Crippen molar-refractivity contribution in [2.75, 3.05) is 19.7 Å². The summed E-state index contributed by atoms with van der Waals surface area (Å²) < 4.78 is 4.80.